The molecule has 5 nitrogen and oxygen atoms in total. The van der Waals surface area contributed by atoms with Gasteiger partial charge in [0.2, 0.25) is 0 Å². The number of esters is 1. The van der Waals surface area contributed by atoms with E-state index in [0.717, 1.165) is 0 Å². The van der Waals surface area contributed by atoms with Crippen molar-refractivity contribution in [2.75, 3.05) is 6.61 Å². The molecule has 2 rings (SSSR count). The van der Waals surface area contributed by atoms with Gasteiger partial charge in [-0.1, -0.05) is 23.7 Å². The molecule has 0 aliphatic heterocycles. The molecule has 0 saturated carbocycles. The lowest BCUT2D eigenvalue weighted by atomic mass is 10.1. The van der Waals surface area contributed by atoms with E-state index in [-0.39, 0.29) is 28.6 Å². The number of ether oxygens (including phenoxy) is 1. The molecule has 1 aromatic carbocycles. The highest BCUT2D eigenvalue weighted by Gasteiger charge is 2.21. The zero-order valence-electron chi connectivity index (χ0n) is 9.41. The number of nitrogens with zero attached hydrogens (tertiary/aromatic N) is 2. The van der Waals surface area contributed by atoms with Crippen molar-refractivity contribution in [3.05, 3.63) is 34.7 Å². The molecular formula is C11H9ClFN3O2. The Balaban J connectivity index is 2.49. The Bertz CT molecular complexity index is 585. The number of rotatable bonds is 3. The van der Waals surface area contributed by atoms with E-state index in [1.165, 1.54) is 12.1 Å². The van der Waals surface area contributed by atoms with Gasteiger partial charge in [-0.05, 0) is 13.0 Å². The summed E-state index contributed by atoms with van der Waals surface area (Å²) in [5, 5.41) is 9.68. The minimum atomic E-state index is -0.637. The molecule has 2 aromatic rings. The fraction of sp³-hybridized carbons (Fsp3) is 0.182. The second-order valence-electron chi connectivity index (χ2n) is 3.34. The van der Waals surface area contributed by atoms with E-state index in [2.05, 4.69) is 15.4 Å². The van der Waals surface area contributed by atoms with Gasteiger partial charge >= 0.3 is 5.97 Å². The third kappa shape index (κ3) is 2.19. The van der Waals surface area contributed by atoms with Crippen molar-refractivity contribution in [1.82, 2.24) is 15.4 Å². The van der Waals surface area contributed by atoms with Gasteiger partial charge in [-0.3, -0.25) is 0 Å². The van der Waals surface area contributed by atoms with Crippen LogP contribution in [0.15, 0.2) is 18.2 Å². The Morgan fingerprint density at radius 3 is 3.00 bits per heavy atom. The zero-order valence-corrected chi connectivity index (χ0v) is 10.2. The Labute approximate surface area is 107 Å². The lowest BCUT2D eigenvalue weighted by Gasteiger charge is -2.03. The maximum absolute atomic E-state index is 13.3. The van der Waals surface area contributed by atoms with Crippen molar-refractivity contribution in [3.8, 4) is 11.3 Å². The summed E-state index contributed by atoms with van der Waals surface area (Å²) in [6.45, 7) is 1.88. The number of aromatic amines is 1. The van der Waals surface area contributed by atoms with E-state index in [4.69, 9.17) is 16.3 Å². The first-order chi connectivity index (χ1) is 8.65. The summed E-state index contributed by atoms with van der Waals surface area (Å²) in [7, 11) is 0. The third-order valence-corrected chi connectivity index (χ3v) is 2.61. The van der Waals surface area contributed by atoms with Gasteiger partial charge in [0.15, 0.2) is 5.69 Å². The number of carbonyl (C=O) groups is 1. The first-order valence-electron chi connectivity index (χ1n) is 5.17. The standard InChI is InChI=1S/C11H9ClFN3O2/c1-2-18-11(17)10-9(14-16-15-10)6-4-3-5-7(13)8(6)12/h3-5H,2H2,1H3,(H,14,15,16). The van der Waals surface area contributed by atoms with Gasteiger partial charge in [-0.15, -0.1) is 5.10 Å². The molecule has 1 aromatic heterocycles. The number of hydrogen-bond acceptors (Lipinski definition) is 4. The molecular weight excluding hydrogens is 261 g/mol. The van der Waals surface area contributed by atoms with Crippen molar-refractivity contribution in [1.29, 1.82) is 0 Å². The van der Waals surface area contributed by atoms with Gasteiger partial charge in [0, 0.05) is 5.56 Å². The molecule has 0 radical (unpaired) electrons. The summed E-state index contributed by atoms with van der Waals surface area (Å²) >= 11 is 5.83. The molecule has 0 aliphatic carbocycles. The monoisotopic (exact) mass is 269 g/mol. The van der Waals surface area contributed by atoms with Gasteiger partial charge < -0.3 is 4.74 Å². The minimum Gasteiger partial charge on any atom is -0.461 e. The van der Waals surface area contributed by atoms with Crippen molar-refractivity contribution in [2.45, 2.75) is 6.92 Å². The molecule has 0 amide bonds. The minimum absolute atomic E-state index is 0.0237. The van der Waals surface area contributed by atoms with Crippen LogP contribution in [0.5, 0.6) is 0 Å². The van der Waals surface area contributed by atoms with Crippen LogP contribution < -0.4 is 0 Å². The molecule has 94 valence electrons. The third-order valence-electron chi connectivity index (χ3n) is 2.22. The van der Waals surface area contributed by atoms with Gasteiger partial charge in [-0.2, -0.15) is 10.3 Å². The lowest BCUT2D eigenvalue weighted by molar-refractivity contribution is 0.0520. The summed E-state index contributed by atoms with van der Waals surface area (Å²) in [5.74, 6) is -1.23. The second-order valence-corrected chi connectivity index (χ2v) is 3.72. The van der Waals surface area contributed by atoms with Gasteiger partial charge in [-0.25, -0.2) is 9.18 Å². The fourth-order valence-electron chi connectivity index (χ4n) is 1.45. The number of hydrogen-bond donors (Lipinski definition) is 1. The van der Waals surface area contributed by atoms with E-state index in [1.807, 2.05) is 0 Å². The van der Waals surface area contributed by atoms with E-state index in [0.29, 0.717) is 0 Å². The van der Waals surface area contributed by atoms with Crippen LogP contribution in [-0.2, 0) is 4.74 Å². The highest BCUT2D eigenvalue weighted by Crippen LogP contribution is 2.30. The van der Waals surface area contributed by atoms with Crippen LogP contribution in [0.25, 0.3) is 11.3 Å². The SMILES string of the molecule is CCOC(=O)c1n[nH]nc1-c1cccc(F)c1Cl. The summed E-state index contributed by atoms with van der Waals surface area (Å²) in [6, 6.07) is 4.24. The van der Waals surface area contributed by atoms with Crippen molar-refractivity contribution in [2.24, 2.45) is 0 Å². The topological polar surface area (TPSA) is 67.9 Å². The van der Waals surface area contributed by atoms with Crippen LogP contribution in [-0.4, -0.2) is 28.0 Å². The predicted molar refractivity (Wildman–Crippen MR) is 62.7 cm³/mol. The lowest BCUT2D eigenvalue weighted by Crippen LogP contribution is -2.07. The average molecular weight is 270 g/mol. The van der Waals surface area contributed by atoms with Crippen LogP contribution in [0.3, 0.4) is 0 Å². The molecule has 18 heavy (non-hydrogen) atoms. The predicted octanol–water partition coefficient (Wildman–Crippen LogP) is 2.44. The number of nitrogens with one attached hydrogen (secondary N) is 1. The molecule has 0 fully saturated rings. The highest BCUT2D eigenvalue weighted by atomic mass is 35.5. The maximum atomic E-state index is 13.3. The number of aromatic nitrogens is 3. The van der Waals surface area contributed by atoms with E-state index < -0.39 is 11.8 Å². The fourth-order valence-corrected chi connectivity index (χ4v) is 1.66. The summed E-state index contributed by atoms with van der Waals surface area (Å²) in [6.07, 6.45) is 0. The molecule has 1 heterocycles. The molecule has 0 atom stereocenters. The van der Waals surface area contributed by atoms with Gasteiger partial charge in [0.1, 0.15) is 11.5 Å². The number of H-pyrrole nitrogens is 1. The Kier molecular flexibility index (Phi) is 3.57. The number of halogens is 2. The van der Waals surface area contributed by atoms with Crippen molar-refractivity contribution in [3.63, 3.8) is 0 Å². The summed E-state index contributed by atoms with van der Waals surface area (Å²) in [5.41, 5.74) is 0.427. The van der Waals surface area contributed by atoms with E-state index in [1.54, 1.807) is 13.0 Å². The normalized spacial score (nSPS) is 10.4. The van der Waals surface area contributed by atoms with Crippen LogP contribution in [0.4, 0.5) is 4.39 Å². The van der Waals surface area contributed by atoms with Crippen LogP contribution in [0.2, 0.25) is 5.02 Å². The van der Waals surface area contributed by atoms with Crippen LogP contribution in [0.1, 0.15) is 17.4 Å². The zero-order chi connectivity index (χ0) is 13.1. The first kappa shape index (κ1) is 12.5. The number of carbonyl (C=O) groups excluding carboxylic acids is 1. The summed E-state index contributed by atoms with van der Waals surface area (Å²) < 4.78 is 18.2. The van der Waals surface area contributed by atoms with Crippen molar-refractivity contribution >= 4 is 17.6 Å². The van der Waals surface area contributed by atoms with E-state index in [9.17, 15) is 9.18 Å². The maximum Gasteiger partial charge on any atom is 0.361 e. The first-order valence-corrected chi connectivity index (χ1v) is 5.55. The second kappa shape index (κ2) is 5.14. The summed E-state index contributed by atoms with van der Waals surface area (Å²) in [4.78, 5) is 11.6. The smallest absolute Gasteiger partial charge is 0.361 e. The molecule has 0 saturated heterocycles. The molecule has 0 unspecified atom stereocenters. The quantitative estimate of drug-likeness (QED) is 0.869. The number of benzene rings is 1. The molecule has 0 bridgehead atoms. The Hall–Kier alpha value is -1.95. The van der Waals surface area contributed by atoms with Gasteiger partial charge in [0.05, 0.1) is 11.6 Å². The average Bonchev–Trinajstić information content (AvgIpc) is 2.82. The van der Waals surface area contributed by atoms with Gasteiger partial charge in [0.25, 0.3) is 0 Å². The molecule has 1 N–H and O–H groups in total. The van der Waals surface area contributed by atoms with Crippen LogP contribution >= 0.6 is 11.6 Å². The van der Waals surface area contributed by atoms with Crippen LogP contribution in [0, 0.1) is 5.82 Å². The highest BCUT2D eigenvalue weighted by molar-refractivity contribution is 6.33. The Morgan fingerprint density at radius 1 is 1.50 bits per heavy atom. The molecule has 7 heteroatoms. The Morgan fingerprint density at radius 2 is 2.28 bits per heavy atom. The van der Waals surface area contributed by atoms with Crippen molar-refractivity contribution < 1.29 is 13.9 Å². The van der Waals surface area contributed by atoms with E-state index >= 15 is 0 Å². The molecule has 0 spiro atoms. The largest absolute Gasteiger partial charge is 0.461 e. The molecule has 0 aliphatic rings.